The largest absolute Gasteiger partial charge is 0.491 e. The average Bonchev–Trinajstić information content (AvgIpc) is 2.68. The summed E-state index contributed by atoms with van der Waals surface area (Å²) < 4.78 is 5.76. The minimum atomic E-state index is -0.644. The van der Waals surface area contributed by atoms with Crippen LogP contribution in [-0.2, 0) is 0 Å². The average molecular weight is 398 g/mol. The maximum atomic E-state index is 10.6. The van der Waals surface area contributed by atoms with Crippen LogP contribution in [0.25, 0.3) is 0 Å². The zero-order valence-corrected chi connectivity index (χ0v) is 16.5. The summed E-state index contributed by atoms with van der Waals surface area (Å²) in [4.78, 5) is 4.42. The van der Waals surface area contributed by atoms with Crippen LogP contribution < -0.4 is 9.64 Å². The van der Waals surface area contributed by atoms with Gasteiger partial charge in [-0.15, -0.1) is 0 Å². The minimum absolute atomic E-state index is 0.227. The Labute approximate surface area is 168 Å². The molecule has 1 atom stereocenters. The van der Waals surface area contributed by atoms with Crippen LogP contribution in [0.15, 0.2) is 76.5 Å². The molecule has 5 heteroatoms. The van der Waals surface area contributed by atoms with Gasteiger partial charge in [-0.1, -0.05) is 53.2 Å². The lowest BCUT2D eigenvalue weighted by Crippen LogP contribution is -2.34. The SMILES string of the molecule is Cc1ccc(OCC(O)CN2c3ccccc3Sc3ccc(Cl)cc32)cc1. The van der Waals surface area contributed by atoms with Gasteiger partial charge in [0.05, 0.1) is 17.9 Å². The number of aliphatic hydroxyl groups excluding tert-OH is 1. The third kappa shape index (κ3) is 4.08. The Morgan fingerprint density at radius 2 is 1.74 bits per heavy atom. The number of nitrogens with zero attached hydrogens (tertiary/aromatic N) is 1. The van der Waals surface area contributed by atoms with E-state index in [0.717, 1.165) is 22.0 Å². The van der Waals surface area contributed by atoms with E-state index in [9.17, 15) is 5.11 Å². The first kappa shape index (κ1) is 18.2. The van der Waals surface area contributed by atoms with Crippen molar-refractivity contribution in [2.45, 2.75) is 22.8 Å². The van der Waals surface area contributed by atoms with E-state index in [1.807, 2.05) is 61.5 Å². The van der Waals surface area contributed by atoms with Crippen molar-refractivity contribution in [2.75, 3.05) is 18.1 Å². The molecule has 0 bridgehead atoms. The first-order valence-electron chi connectivity index (χ1n) is 8.81. The van der Waals surface area contributed by atoms with E-state index >= 15 is 0 Å². The molecule has 0 aliphatic carbocycles. The standard InChI is InChI=1S/C22H20ClNO2S/c1-15-6-9-18(10-7-15)26-14-17(25)13-24-19-4-2-3-5-21(19)27-22-11-8-16(23)12-20(22)24/h2-12,17,25H,13-14H2,1H3. The number of aliphatic hydroxyl groups is 1. The molecule has 138 valence electrons. The Balaban J connectivity index is 1.54. The molecule has 0 radical (unpaired) electrons. The highest BCUT2D eigenvalue weighted by molar-refractivity contribution is 7.99. The van der Waals surface area contributed by atoms with Crippen molar-refractivity contribution in [1.82, 2.24) is 0 Å². The lowest BCUT2D eigenvalue weighted by Gasteiger charge is -2.34. The van der Waals surface area contributed by atoms with E-state index < -0.39 is 6.10 Å². The van der Waals surface area contributed by atoms with Gasteiger partial charge < -0.3 is 14.7 Å². The zero-order chi connectivity index (χ0) is 18.8. The number of hydrogen-bond acceptors (Lipinski definition) is 4. The van der Waals surface area contributed by atoms with Crippen LogP contribution in [0.5, 0.6) is 5.75 Å². The Hall–Kier alpha value is -2.14. The summed E-state index contributed by atoms with van der Waals surface area (Å²) in [5.74, 6) is 0.762. The molecular formula is C22H20ClNO2S. The number of anilines is 2. The molecule has 3 aromatic rings. The third-order valence-corrected chi connectivity index (χ3v) is 5.81. The molecule has 0 spiro atoms. The predicted molar refractivity (Wildman–Crippen MR) is 112 cm³/mol. The highest BCUT2D eigenvalue weighted by atomic mass is 35.5. The second-order valence-corrected chi connectivity index (χ2v) is 8.09. The molecule has 3 aromatic carbocycles. The fourth-order valence-corrected chi connectivity index (χ4v) is 4.33. The molecule has 4 rings (SSSR count). The summed E-state index contributed by atoms with van der Waals surface area (Å²) in [7, 11) is 0. The van der Waals surface area contributed by atoms with Crippen molar-refractivity contribution in [1.29, 1.82) is 0 Å². The van der Waals surface area contributed by atoms with Crippen LogP contribution in [0, 0.1) is 6.92 Å². The van der Waals surface area contributed by atoms with Gasteiger partial charge in [-0.2, -0.15) is 0 Å². The van der Waals surface area contributed by atoms with Crippen molar-refractivity contribution in [3.05, 3.63) is 77.3 Å². The van der Waals surface area contributed by atoms with E-state index in [4.69, 9.17) is 16.3 Å². The van der Waals surface area contributed by atoms with Crippen LogP contribution in [0.3, 0.4) is 0 Å². The lowest BCUT2D eigenvalue weighted by molar-refractivity contribution is 0.114. The van der Waals surface area contributed by atoms with E-state index in [2.05, 4.69) is 17.0 Å². The van der Waals surface area contributed by atoms with Gasteiger partial charge >= 0.3 is 0 Å². The highest BCUT2D eigenvalue weighted by Crippen LogP contribution is 2.48. The van der Waals surface area contributed by atoms with Crippen LogP contribution in [0.4, 0.5) is 11.4 Å². The fourth-order valence-electron chi connectivity index (χ4n) is 3.09. The monoisotopic (exact) mass is 397 g/mol. The van der Waals surface area contributed by atoms with Crippen LogP contribution in [0.2, 0.25) is 5.02 Å². The summed E-state index contributed by atoms with van der Waals surface area (Å²) in [5, 5.41) is 11.3. The number of ether oxygens (including phenoxy) is 1. The number of rotatable bonds is 5. The molecule has 0 saturated carbocycles. The minimum Gasteiger partial charge on any atom is -0.491 e. The van der Waals surface area contributed by atoms with Crippen molar-refractivity contribution in [2.24, 2.45) is 0 Å². The first-order valence-corrected chi connectivity index (χ1v) is 10.0. The Kier molecular flexibility index (Phi) is 5.30. The van der Waals surface area contributed by atoms with Crippen LogP contribution in [-0.4, -0.2) is 24.4 Å². The van der Waals surface area contributed by atoms with Gasteiger partial charge in [-0.05, 0) is 49.4 Å². The van der Waals surface area contributed by atoms with Gasteiger partial charge in [-0.3, -0.25) is 0 Å². The number of para-hydroxylation sites is 1. The van der Waals surface area contributed by atoms with E-state index in [-0.39, 0.29) is 6.61 Å². The van der Waals surface area contributed by atoms with Gasteiger partial charge in [0.1, 0.15) is 18.5 Å². The summed E-state index contributed by atoms with van der Waals surface area (Å²) in [6.07, 6.45) is -0.644. The number of hydrogen-bond donors (Lipinski definition) is 1. The number of benzene rings is 3. The van der Waals surface area contributed by atoms with Crippen LogP contribution in [0.1, 0.15) is 5.56 Å². The second-order valence-electron chi connectivity index (χ2n) is 6.57. The van der Waals surface area contributed by atoms with Crippen molar-refractivity contribution >= 4 is 34.7 Å². The number of halogens is 1. The molecule has 27 heavy (non-hydrogen) atoms. The van der Waals surface area contributed by atoms with Crippen molar-refractivity contribution in [3.8, 4) is 5.75 Å². The Bertz CT molecular complexity index is 945. The third-order valence-electron chi connectivity index (χ3n) is 4.44. The second kappa shape index (κ2) is 7.85. The fraction of sp³-hybridized carbons (Fsp3) is 0.182. The zero-order valence-electron chi connectivity index (χ0n) is 14.9. The van der Waals surface area contributed by atoms with Gasteiger partial charge in [0.15, 0.2) is 0 Å². The molecular weight excluding hydrogens is 378 g/mol. The van der Waals surface area contributed by atoms with Crippen LogP contribution >= 0.6 is 23.4 Å². The van der Waals surface area contributed by atoms with Crippen molar-refractivity contribution in [3.63, 3.8) is 0 Å². The maximum absolute atomic E-state index is 10.6. The molecule has 0 saturated heterocycles. The maximum Gasteiger partial charge on any atom is 0.119 e. The first-order chi connectivity index (χ1) is 13.1. The molecule has 0 amide bonds. The van der Waals surface area contributed by atoms with Gasteiger partial charge in [-0.25, -0.2) is 0 Å². The molecule has 1 unspecified atom stereocenters. The lowest BCUT2D eigenvalue weighted by atomic mass is 10.2. The molecule has 3 nitrogen and oxygen atoms in total. The summed E-state index contributed by atoms with van der Waals surface area (Å²) in [6.45, 7) is 2.69. The van der Waals surface area contributed by atoms with Gasteiger partial charge in [0, 0.05) is 14.8 Å². The topological polar surface area (TPSA) is 32.7 Å². The molecule has 1 heterocycles. The van der Waals surface area contributed by atoms with Gasteiger partial charge in [0.25, 0.3) is 0 Å². The molecule has 1 N–H and O–H groups in total. The van der Waals surface area contributed by atoms with Crippen molar-refractivity contribution < 1.29 is 9.84 Å². The molecule has 1 aliphatic heterocycles. The van der Waals surface area contributed by atoms with Gasteiger partial charge in [0.2, 0.25) is 0 Å². The normalized spacial score (nSPS) is 13.7. The van der Waals surface area contributed by atoms with E-state index in [0.29, 0.717) is 11.6 Å². The highest BCUT2D eigenvalue weighted by Gasteiger charge is 2.25. The smallest absolute Gasteiger partial charge is 0.119 e. The predicted octanol–water partition coefficient (Wildman–Crippen LogP) is 5.69. The summed E-state index contributed by atoms with van der Waals surface area (Å²) in [5.41, 5.74) is 3.27. The Morgan fingerprint density at radius 1 is 1.00 bits per heavy atom. The molecule has 0 aromatic heterocycles. The van der Waals surface area contributed by atoms with E-state index in [1.165, 1.54) is 10.5 Å². The Morgan fingerprint density at radius 3 is 2.56 bits per heavy atom. The summed E-state index contributed by atoms with van der Waals surface area (Å²) in [6, 6.07) is 21.9. The number of aryl methyl sites for hydroxylation is 1. The van der Waals surface area contributed by atoms with E-state index in [1.54, 1.807) is 11.8 Å². The summed E-state index contributed by atoms with van der Waals surface area (Å²) >= 11 is 7.96. The quantitative estimate of drug-likeness (QED) is 0.599. The number of β-amino-alcohol motifs (C(OH)–C–C–N with tert-alkyl or cyclic N) is 1. The molecule has 1 aliphatic rings. The molecule has 0 fully saturated rings. The number of fused-ring (bicyclic) bond motifs is 2.